The highest BCUT2D eigenvalue weighted by atomic mass is 79.9. The number of halogens is 1. The molecular formula is C14H18BrN3O. The van der Waals surface area contributed by atoms with E-state index in [1.54, 1.807) is 0 Å². The molecule has 1 aromatic heterocycles. The molecule has 0 N–H and O–H groups in total. The van der Waals surface area contributed by atoms with Crippen molar-refractivity contribution < 1.29 is 4.42 Å². The van der Waals surface area contributed by atoms with E-state index in [-0.39, 0.29) is 6.04 Å². The summed E-state index contributed by atoms with van der Waals surface area (Å²) in [6.45, 7) is 4.84. The largest absolute Gasteiger partial charge is 0.424 e. The molecule has 2 rings (SSSR count). The fraction of sp³-hybridized carbons (Fsp3) is 0.429. The molecule has 1 heterocycles. The van der Waals surface area contributed by atoms with Gasteiger partial charge in [0.05, 0.1) is 6.04 Å². The molecule has 0 saturated carbocycles. The Hall–Kier alpha value is -1.20. The predicted molar refractivity (Wildman–Crippen MR) is 77.9 cm³/mol. The van der Waals surface area contributed by atoms with Gasteiger partial charge in [0.15, 0.2) is 0 Å². The molecule has 1 atom stereocenters. The number of hydrogen-bond donors (Lipinski definition) is 0. The molecule has 19 heavy (non-hydrogen) atoms. The van der Waals surface area contributed by atoms with Gasteiger partial charge in [-0.15, -0.1) is 10.2 Å². The van der Waals surface area contributed by atoms with Gasteiger partial charge in [-0.05, 0) is 38.1 Å². The minimum absolute atomic E-state index is 0.136. The Morgan fingerprint density at radius 2 is 1.95 bits per heavy atom. The molecule has 0 fully saturated rings. The zero-order valence-electron chi connectivity index (χ0n) is 11.4. The van der Waals surface area contributed by atoms with E-state index >= 15 is 0 Å². The minimum Gasteiger partial charge on any atom is -0.424 e. The standard InChI is InChI=1S/C14H18BrN3O/c1-10(14-17-16-11(2)19-14)18(3)9-8-12-4-6-13(15)7-5-12/h4-7,10H,8-9H2,1-3H3. The Kier molecular flexibility index (Phi) is 4.71. The molecule has 1 unspecified atom stereocenters. The van der Waals surface area contributed by atoms with Crippen molar-refractivity contribution in [2.75, 3.05) is 13.6 Å². The van der Waals surface area contributed by atoms with E-state index in [0.29, 0.717) is 11.8 Å². The van der Waals surface area contributed by atoms with Gasteiger partial charge < -0.3 is 4.42 Å². The van der Waals surface area contributed by atoms with Gasteiger partial charge in [-0.2, -0.15) is 0 Å². The maximum atomic E-state index is 5.46. The normalized spacial score (nSPS) is 12.9. The van der Waals surface area contributed by atoms with Crippen LogP contribution in [0.1, 0.15) is 30.3 Å². The molecule has 0 amide bonds. The van der Waals surface area contributed by atoms with Gasteiger partial charge >= 0.3 is 0 Å². The molecule has 1 aromatic carbocycles. The maximum absolute atomic E-state index is 5.46. The van der Waals surface area contributed by atoms with Crippen LogP contribution in [0.4, 0.5) is 0 Å². The smallest absolute Gasteiger partial charge is 0.233 e. The Morgan fingerprint density at radius 1 is 1.26 bits per heavy atom. The summed E-state index contributed by atoms with van der Waals surface area (Å²) in [4.78, 5) is 2.22. The zero-order valence-corrected chi connectivity index (χ0v) is 13.0. The lowest BCUT2D eigenvalue weighted by atomic mass is 10.1. The van der Waals surface area contributed by atoms with Crippen LogP contribution < -0.4 is 0 Å². The van der Waals surface area contributed by atoms with Crippen molar-refractivity contribution in [3.05, 3.63) is 46.1 Å². The van der Waals surface area contributed by atoms with Gasteiger partial charge in [0.25, 0.3) is 0 Å². The van der Waals surface area contributed by atoms with Gasteiger partial charge in [-0.25, -0.2) is 0 Å². The van der Waals surface area contributed by atoms with Crippen molar-refractivity contribution in [1.82, 2.24) is 15.1 Å². The third kappa shape index (κ3) is 3.88. The average Bonchev–Trinajstić information content (AvgIpc) is 2.83. The number of aryl methyl sites for hydroxylation is 1. The number of rotatable bonds is 5. The molecule has 5 heteroatoms. The Bertz CT molecular complexity index is 524. The molecule has 0 bridgehead atoms. The van der Waals surface area contributed by atoms with Crippen LogP contribution in [0.3, 0.4) is 0 Å². The van der Waals surface area contributed by atoms with Crippen molar-refractivity contribution in [2.45, 2.75) is 26.3 Å². The lowest BCUT2D eigenvalue weighted by Gasteiger charge is -2.21. The lowest BCUT2D eigenvalue weighted by molar-refractivity contribution is 0.225. The van der Waals surface area contributed by atoms with Gasteiger partial charge in [0.2, 0.25) is 11.8 Å². The van der Waals surface area contributed by atoms with E-state index in [1.807, 2.05) is 6.92 Å². The maximum Gasteiger partial charge on any atom is 0.233 e. The van der Waals surface area contributed by atoms with Crippen LogP contribution in [0.5, 0.6) is 0 Å². The van der Waals surface area contributed by atoms with Gasteiger partial charge in [-0.1, -0.05) is 28.1 Å². The second-order valence-corrected chi connectivity index (χ2v) is 5.61. The minimum atomic E-state index is 0.136. The van der Waals surface area contributed by atoms with Gasteiger partial charge in [0, 0.05) is 17.9 Å². The number of aromatic nitrogens is 2. The van der Waals surface area contributed by atoms with Crippen molar-refractivity contribution in [2.24, 2.45) is 0 Å². The second-order valence-electron chi connectivity index (χ2n) is 4.69. The molecular weight excluding hydrogens is 306 g/mol. The van der Waals surface area contributed by atoms with Crippen molar-refractivity contribution >= 4 is 15.9 Å². The quantitative estimate of drug-likeness (QED) is 0.846. The number of hydrogen-bond acceptors (Lipinski definition) is 4. The van der Waals surface area contributed by atoms with E-state index in [1.165, 1.54) is 5.56 Å². The van der Waals surface area contributed by atoms with Crippen LogP contribution in [-0.2, 0) is 6.42 Å². The molecule has 0 aliphatic carbocycles. The number of likely N-dealkylation sites (N-methyl/N-ethyl adjacent to an activating group) is 1. The summed E-state index contributed by atoms with van der Waals surface area (Å²) < 4.78 is 6.57. The zero-order chi connectivity index (χ0) is 13.8. The Balaban J connectivity index is 1.90. The fourth-order valence-electron chi connectivity index (χ4n) is 1.82. The molecule has 0 saturated heterocycles. The van der Waals surface area contributed by atoms with E-state index in [9.17, 15) is 0 Å². The van der Waals surface area contributed by atoms with Crippen molar-refractivity contribution in [1.29, 1.82) is 0 Å². The average molecular weight is 324 g/mol. The fourth-order valence-corrected chi connectivity index (χ4v) is 2.08. The third-order valence-corrected chi connectivity index (χ3v) is 3.76. The summed E-state index contributed by atoms with van der Waals surface area (Å²) in [5, 5.41) is 7.94. The van der Waals surface area contributed by atoms with Crippen LogP contribution >= 0.6 is 15.9 Å². The first-order chi connectivity index (χ1) is 9.06. The lowest BCUT2D eigenvalue weighted by Crippen LogP contribution is -2.25. The summed E-state index contributed by atoms with van der Waals surface area (Å²) in [6, 6.07) is 8.55. The van der Waals surface area contributed by atoms with Crippen LogP contribution in [-0.4, -0.2) is 28.7 Å². The number of benzene rings is 1. The van der Waals surface area contributed by atoms with Crippen LogP contribution in [0.25, 0.3) is 0 Å². The van der Waals surface area contributed by atoms with Crippen LogP contribution in [0.2, 0.25) is 0 Å². The molecule has 0 aliphatic rings. The highest BCUT2D eigenvalue weighted by molar-refractivity contribution is 9.10. The summed E-state index contributed by atoms with van der Waals surface area (Å²) >= 11 is 3.44. The third-order valence-electron chi connectivity index (χ3n) is 3.23. The second kappa shape index (κ2) is 6.30. The van der Waals surface area contributed by atoms with Crippen LogP contribution in [0.15, 0.2) is 33.2 Å². The first-order valence-electron chi connectivity index (χ1n) is 6.31. The van der Waals surface area contributed by atoms with Crippen molar-refractivity contribution in [3.8, 4) is 0 Å². The molecule has 0 aliphatic heterocycles. The summed E-state index contributed by atoms with van der Waals surface area (Å²) in [5.74, 6) is 1.29. The molecule has 0 radical (unpaired) electrons. The monoisotopic (exact) mass is 323 g/mol. The predicted octanol–water partition coefficient (Wildman–Crippen LogP) is 3.38. The van der Waals surface area contributed by atoms with Gasteiger partial charge in [0.1, 0.15) is 0 Å². The summed E-state index contributed by atoms with van der Waals surface area (Å²) in [5.41, 5.74) is 1.32. The van der Waals surface area contributed by atoms with E-state index in [0.717, 1.165) is 17.4 Å². The summed E-state index contributed by atoms with van der Waals surface area (Å²) in [6.07, 6.45) is 1.00. The van der Waals surface area contributed by atoms with Gasteiger partial charge in [-0.3, -0.25) is 4.90 Å². The van der Waals surface area contributed by atoms with Crippen LogP contribution in [0, 0.1) is 6.92 Å². The molecule has 102 valence electrons. The first kappa shape index (κ1) is 14.2. The molecule has 2 aromatic rings. The van der Waals surface area contributed by atoms with E-state index in [4.69, 9.17) is 4.42 Å². The molecule has 0 spiro atoms. The van der Waals surface area contributed by atoms with Crippen molar-refractivity contribution in [3.63, 3.8) is 0 Å². The Morgan fingerprint density at radius 3 is 2.53 bits per heavy atom. The SMILES string of the molecule is Cc1nnc(C(C)N(C)CCc2ccc(Br)cc2)o1. The highest BCUT2D eigenvalue weighted by Crippen LogP contribution is 2.18. The topological polar surface area (TPSA) is 42.2 Å². The number of nitrogens with zero attached hydrogens (tertiary/aromatic N) is 3. The van der Waals surface area contributed by atoms with E-state index in [2.05, 4.69) is 69.3 Å². The highest BCUT2D eigenvalue weighted by Gasteiger charge is 2.17. The first-order valence-corrected chi connectivity index (χ1v) is 7.10. The Labute approximate surface area is 122 Å². The molecule has 4 nitrogen and oxygen atoms in total. The van der Waals surface area contributed by atoms with E-state index < -0.39 is 0 Å². The summed E-state index contributed by atoms with van der Waals surface area (Å²) in [7, 11) is 2.07.